The summed E-state index contributed by atoms with van der Waals surface area (Å²) in [5, 5.41) is 0. The molecule has 1 nitrogen and oxygen atoms in total. The summed E-state index contributed by atoms with van der Waals surface area (Å²) >= 11 is 0. The number of carbonyl (C=O) groups is 1. The van der Waals surface area contributed by atoms with Crippen molar-refractivity contribution in [1.82, 2.24) is 0 Å². The summed E-state index contributed by atoms with van der Waals surface area (Å²) in [6.07, 6.45) is 14.2. The number of ketones is 1. The van der Waals surface area contributed by atoms with Gasteiger partial charge in [0.1, 0.15) is 0 Å². The van der Waals surface area contributed by atoms with Crippen LogP contribution >= 0.6 is 0 Å². The van der Waals surface area contributed by atoms with Gasteiger partial charge in [0.05, 0.1) is 0 Å². The van der Waals surface area contributed by atoms with E-state index in [1.807, 2.05) is 6.07 Å². The largest absolute Gasteiger partial charge is 0.294 e. The molecule has 0 N–H and O–H groups in total. The van der Waals surface area contributed by atoms with Crippen LogP contribution in [0.5, 0.6) is 0 Å². The van der Waals surface area contributed by atoms with E-state index in [4.69, 9.17) is 0 Å². The molecule has 6 atom stereocenters. The van der Waals surface area contributed by atoms with Crippen LogP contribution in [0.3, 0.4) is 0 Å². The van der Waals surface area contributed by atoms with Gasteiger partial charge in [-0.3, -0.25) is 4.79 Å². The fourth-order valence-electron chi connectivity index (χ4n) is 7.85. The van der Waals surface area contributed by atoms with Crippen LogP contribution < -0.4 is 0 Å². The lowest BCUT2D eigenvalue weighted by atomic mass is 9.45. The Labute approximate surface area is 164 Å². The van der Waals surface area contributed by atoms with E-state index in [1.54, 1.807) is 0 Å². The van der Waals surface area contributed by atoms with E-state index in [0.717, 1.165) is 36.2 Å². The van der Waals surface area contributed by atoms with Gasteiger partial charge >= 0.3 is 0 Å². The quantitative estimate of drug-likeness (QED) is 0.509. The van der Waals surface area contributed by atoms with Gasteiger partial charge < -0.3 is 0 Å². The predicted octanol–water partition coefficient (Wildman–Crippen LogP) is 6.68. The minimum atomic E-state index is -0.0976. The van der Waals surface area contributed by atoms with E-state index in [-0.39, 0.29) is 5.41 Å². The van der Waals surface area contributed by atoms with Crippen molar-refractivity contribution in [3.63, 3.8) is 0 Å². The molecule has 144 valence electrons. The molecule has 4 aliphatic carbocycles. The Hall–Kier alpha value is -1.37. The highest BCUT2D eigenvalue weighted by molar-refractivity contribution is 6.05. The molecule has 0 aromatic heterocycles. The highest BCUT2D eigenvalue weighted by atomic mass is 16.1. The van der Waals surface area contributed by atoms with Crippen molar-refractivity contribution < 1.29 is 4.79 Å². The number of hydrogen-bond acceptors (Lipinski definition) is 1. The molecule has 0 unspecified atom stereocenters. The van der Waals surface area contributed by atoms with Crippen LogP contribution in [0.4, 0.5) is 0 Å². The molecule has 27 heavy (non-hydrogen) atoms. The Morgan fingerprint density at radius 3 is 2.56 bits per heavy atom. The number of benzene rings is 1. The lowest BCUT2D eigenvalue weighted by Crippen LogP contribution is -2.52. The normalized spacial score (nSPS) is 45.3. The van der Waals surface area contributed by atoms with Gasteiger partial charge in [0.2, 0.25) is 0 Å². The van der Waals surface area contributed by atoms with Crippen molar-refractivity contribution in [1.29, 1.82) is 0 Å². The number of rotatable bonds is 1. The van der Waals surface area contributed by atoms with E-state index >= 15 is 0 Å². The maximum absolute atomic E-state index is 13.4. The Morgan fingerprint density at radius 1 is 0.926 bits per heavy atom. The van der Waals surface area contributed by atoms with Crippen LogP contribution in [-0.4, -0.2) is 5.78 Å². The van der Waals surface area contributed by atoms with Crippen LogP contribution in [0.2, 0.25) is 0 Å². The minimum absolute atomic E-state index is 0.0976. The number of hydrogen-bond donors (Lipinski definition) is 0. The average molecular weight is 363 g/mol. The molecule has 0 amide bonds. The van der Waals surface area contributed by atoms with Crippen LogP contribution in [0.25, 0.3) is 6.08 Å². The van der Waals surface area contributed by atoms with Gasteiger partial charge in [0, 0.05) is 5.41 Å². The molecule has 0 radical (unpaired) electrons. The third kappa shape index (κ3) is 2.60. The lowest BCUT2D eigenvalue weighted by Gasteiger charge is -2.59. The minimum Gasteiger partial charge on any atom is -0.294 e. The first-order valence-corrected chi connectivity index (χ1v) is 11.3. The highest BCUT2D eigenvalue weighted by Gasteiger charge is 2.60. The van der Waals surface area contributed by atoms with Gasteiger partial charge in [-0.2, -0.15) is 0 Å². The number of Topliss-reactive ketones (excluding diaryl/α,β-unsaturated/α-hetero) is 1. The van der Waals surface area contributed by atoms with Crippen LogP contribution in [-0.2, 0) is 4.79 Å². The molecular weight excluding hydrogens is 328 g/mol. The predicted molar refractivity (Wildman–Crippen MR) is 111 cm³/mol. The zero-order chi connectivity index (χ0) is 18.6. The first kappa shape index (κ1) is 17.7. The average Bonchev–Trinajstić information content (AvgIpc) is 2.93. The Balaban J connectivity index is 1.47. The topological polar surface area (TPSA) is 17.1 Å². The molecule has 4 saturated carbocycles. The molecule has 0 bridgehead atoms. The van der Waals surface area contributed by atoms with Gasteiger partial charge in [-0.25, -0.2) is 0 Å². The van der Waals surface area contributed by atoms with Crippen LogP contribution in [0.1, 0.15) is 77.2 Å². The van der Waals surface area contributed by atoms with Crippen molar-refractivity contribution in [2.24, 2.45) is 34.5 Å². The fraction of sp³-hybridized carbons (Fsp3) is 0.654. The molecule has 0 aliphatic heterocycles. The molecule has 0 saturated heterocycles. The van der Waals surface area contributed by atoms with Crippen molar-refractivity contribution in [2.75, 3.05) is 0 Å². The fourth-order valence-corrected chi connectivity index (χ4v) is 7.85. The zero-order valence-corrected chi connectivity index (χ0v) is 17.0. The summed E-state index contributed by atoms with van der Waals surface area (Å²) in [6, 6.07) is 10.4. The van der Waals surface area contributed by atoms with Gasteiger partial charge in [0.15, 0.2) is 5.78 Å². The van der Waals surface area contributed by atoms with Gasteiger partial charge in [-0.15, -0.1) is 0 Å². The Morgan fingerprint density at radius 2 is 1.74 bits per heavy atom. The Bertz CT molecular complexity index is 762. The van der Waals surface area contributed by atoms with Crippen LogP contribution in [0, 0.1) is 34.5 Å². The van der Waals surface area contributed by atoms with Crippen molar-refractivity contribution in [3.8, 4) is 0 Å². The number of carbonyl (C=O) groups excluding carboxylic acids is 1. The van der Waals surface area contributed by atoms with Gasteiger partial charge in [0.25, 0.3) is 0 Å². The first-order chi connectivity index (χ1) is 13.0. The third-order valence-electron chi connectivity index (χ3n) is 9.36. The first-order valence-electron chi connectivity index (χ1n) is 11.3. The van der Waals surface area contributed by atoms with Gasteiger partial charge in [-0.1, -0.05) is 57.0 Å². The summed E-state index contributed by atoms with van der Waals surface area (Å²) in [4.78, 5) is 13.4. The van der Waals surface area contributed by atoms with E-state index in [1.165, 1.54) is 50.5 Å². The summed E-state index contributed by atoms with van der Waals surface area (Å²) in [5.41, 5.74) is 2.74. The molecule has 1 aromatic rings. The molecule has 0 heterocycles. The summed E-state index contributed by atoms with van der Waals surface area (Å²) in [5.74, 6) is 3.63. The standard InChI is InChI=1S/C26H34O/c1-25-14-7-6-10-20(25)11-12-21-22(25)13-15-26(2)23(21)17-19(24(26)27)16-18-8-4-3-5-9-18/h3-5,8-9,16,20-23H,6-7,10-15,17H2,1-2H3/b19-16-/t20-,21+,22-,23-,25-,26-/m0/s1. The molecule has 4 fully saturated rings. The highest BCUT2D eigenvalue weighted by Crippen LogP contribution is 2.66. The second-order valence-electron chi connectivity index (χ2n) is 10.5. The maximum Gasteiger partial charge on any atom is 0.165 e. The van der Waals surface area contributed by atoms with Crippen LogP contribution in [0.15, 0.2) is 35.9 Å². The van der Waals surface area contributed by atoms with Crippen molar-refractivity contribution in [3.05, 3.63) is 41.5 Å². The zero-order valence-electron chi connectivity index (χ0n) is 17.0. The molecule has 1 heteroatoms. The summed E-state index contributed by atoms with van der Waals surface area (Å²) < 4.78 is 0. The number of allylic oxidation sites excluding steroid dienone is 1. The second kappa shape index (κ2) is 6.33. The lowest BCUT2D eigenvalue weighted by molar-refractivity contribution is -0.137. The molecule has 5 rings (SSSR count). The smallest absolute Gasteiger partial charge is 0.165 e. The molecule has 4 aliphatic rings. The van der Waals surface area contributed by atoms with Gasteiger partial charge in [-0.05, 0) is 91.2 Å². The van der Waals surface area contributed by atoms with E-state index in [2.05, 4.69) is 44.2 Å². The SMILES string of the molecule is C[C@]12CCCC[C@H]1CC[C@@H]1[C@@H]2CC[C@]2(C)C(=O)/C(=C\c3ccccc3)C[C@@H]12. The van der Waals surface area contributed by atoms with E-state index in [9.17, 15) is 4.79 Å². The Kier molecular flexibility index (Phi) is 4.15. The maximum atomic E-state index is 13.4. The third-order valence-corrected chi connectivity index (χ3v) is 9.36. The summed E-state index contributed by atoms with van der Waals surface area (Å²) in [7, 11) is 0. The van der Waals surface area contributed by atoms with E-state index < -0.39 is 0 Å². The monoisotopic (exact) mass is 362 g/mol. The molecular formula is C26H34O. The number of fused-ring (bicyclic) bond motifs is 5. The van der Waals surface area contributed by atoms with Crippen molar-refractivity contribution in [2.45, 2.75) is 71.6 Å². The van der Waals surface area contributed by atoms with E-state index in [0.29, 0.717) is 17.1 Å². The molecule has 1 aromatic carbocycles. The second-order valence-corrected chi connectivity index (χ2v) is 10.5. The molecule has 0 spiro atoms. The summed E-state index contributed by atoms with van der Waals surface area (Å²) in [6.45, 7) is 4.92. The van der Waals surface area contributed by atoms with Crippen molar-refractivity contribution >= 4 is 11.9 Å².